The number of carbonyl (C=O) groups excluding carboxylic acids is 2. The summed E-state index contributed by atoms with van der Waals surface area (Å²) in [4.78, 5) is 29.4. The van der Waals surface area contributed by atoms with Gasteiger partial charge in [0, 0.05) is 36.6 Å². The molecule has 1 fully saturated rings. The fourth-order valence-corrected chi connectivity index (χ4v) is 4.34. The van der Waals surface area contributed by atoms with E-state index >= 15 is 0 Å². The van der Waals surface area contributed by atoms with Crippen molar-refractivity contribution in [2.24, 2.45) is 0 Å². The van der Waals surface area contributed by atoms with E-state index in [1.54, 1.807) is 11.0 Å². The predicted molar refractivity (Wildman–Crippen MR) is 102 cm³/mol. The van der Waals surface area contributed by atoms with Crippen molar-refractivity contribution in [2.75, 3.05) is 38.3 Å². The average molecular weight is 362 g/mol. The third kappa shape index (κ3) is 4.55. The Labute approximate surface area is 154 Å². The number of fused-ring (bicyclic) bond motifs is 1. The van der Waals surface area contributed by atoms with Crippen LogP contribution < -0.4 is 5.32 Å². The summed E-state index contributed by atoms with van der Waals surface area (Å²) in [6, 6.07) is 6.23. The number of carbonyl (C=O) groups is 2. The number of thioether (sulfide) groups is 1. The lowest BCUT2D eigenvalue weighted by Gasteiger charge is -2.32. The largest absolute Gasteiger partial charge is 0.340 e. The van der Waals surface area contributed by atoms with Gasteiger partial charge >= 0.3 is 0 Å². The molecule has 0 atom stereocenters. The minimum absolute atomic E-state index is 0.00432. The van der Waals surface area contributed by atoms with E-state index in [-0.39, 0.29) is 11.8 Å². The van der Waals surface area contributed by atoms with Crippen LogP contribution in [-0.2, 0) is 4.79 Å². The van der Waals surface area contributed by atoms with Gasteiger partial charge in [0.15, 0.2) is 0 Å². The van der Waals surface area contributed by atoms with Gasteiger partial charge in [0.25, 0.3) is 5.91 Å². The fourth-order valence-electron chi connectivity index (χ4n) is 3.55. The highest BCUT2D eigenvalue weighted by Crippen LogP contribution is 2.32. The summed E-state index contributed by atoms with van der Waals surface area (Å²) in [6.07, 6.45) is 6.55. The van der Waals surface area contributed by atoms with Crippen LogP contribution in [-0.4, -0.2) is 60.6 Å². The molecular formula is C19H27N3O2S. The Morgan fingerprint density at radius 1 is 1.20 bits per heavy atom. The quantitative estimate of drug-likeness (QED) is 0.876. The average Bonchev–Trinajstić information content (AvgIpc) is 2.65. The number of nitrogens with zero attached hydrogens (tertiary/aromatic N) is 2. The lowest BCUT2D eigenvalue weighted by molar-refractivity contribution is -0.113. The first kappa shape index (κ1) is 18.3. The molecule has 1 aromatic rings. The first-order chi connectivity index (χ1) is 12.0. The van der Waals surface area contributed by atoms with Crippen LogP contribution in [0.15, 0.2) is 23.1 Å². The van der Waals surface area contributed by atoms with Crippen LogP contribution >= 0.6 is 11.8 Å². The third-order valence-corrected chi connectivity index (χ3v) is 6.27. The Kier molecular flexibility index (Phi) is 6.02. The minimum Gasteiger partial charge on any atom is -0.340 e. The highest BCUT2D eigenvalue weighted by atomic mass is 32.2. The molecule has 2 aliphatic rings. The highest BCUT2D eigenvalue weighted by Gasteiger charge is 2.21. The van der Waals surface area contributed by atoms with Gasteiger partial charge in [0.2, 0.25) is 5.91 Å². The van der Waals surface area contributed by atoms with Crippen LogP contribution in [0.5, 0.6) is 0 Å². The van der Waals surface area contributed by atoms with E-state index in [0.29, 0.717) is 23.9 Å². The Morgan fingerprint density at radius 2 is 1.96 bits per heavy atom. The van der Waals surface area contributed by atoms with Gasteiger partial charge in [-0.3, -0.25) is 9.59 Å². The van der Waals surface area contributed by atoms with Crippen LogP contribution in [0.1, 0.15) is 42.5 Å². The predicted octanol–water partition coefficient (Wildman–Crippen LogP) is 3.07. The fraction of sp³-hybridized carbons (Fsp3) is 0.579. The molecule has 0 saturated heterocycles. The van der Waals surface area contributed by atoms with E-state index in [1.807, 2.05) is 19.2 Å². The molecule has 25 heavy (non-hydrogen) atoms. The van der Waals surface area contributed by atoms with E-state index in [4.69, 9.17) is 0 Å². The van der Waals surface area contributed by atoms with Crippen molar-refractivity contribution in [2.45, 2.75) is 43.0 Å². The normalized spacial score (nSPS) is 18.0. The Balaban J connectivity index is 1.56. The number of rotatable bonds is 5. The number of hydrogen-bond donors (Lipinski definition) is 1. The molecule has 0 spiro atoms. The van der Waals surface area contributed by atoms with E-state index in [2.05, 4.69) is 17.3 Å². The molecule has 6 heteroatoms. The maximum atomic E-state index is 12.7. The van der Waals surface area contributed by atoms with Crippen molar-refractivity contribution < 1.29 is 9.59 Å². The summed E-state index contributed by atoms with van der Waals surface area (Å²) in [5.41, 5.74) is 1.38. The molecule has 3 rings (SSSR count). The minimum atomic E-state index is -0.00967. The molecule has 0 aromatic heterocycles. The van der Waals surface area contributed by atoms with Gasteiger partial charge in [-0.05, 0) is 38.1 Å². The number of nitrogens with one attached hydrogen (secondary N) is 1. The zero-order chi connectivity index (χ0) is 17.8. The van der Waals surface area contributed by atoms with E-state index in [0.717, 1.165) is 17.1 Å². The second-order valence-electron chi connectivity index (χ2n) is 7.05. The van der Waals surface area contributed by atoms with E-state index in [1.165, 1.54) is 43.9 Å². The summed E-state index contributed by atoms with van der Waals surface area (Å²) in [5.74, 6) is 0.433. The Morgan fingerprint density at radius 3 is 2.72 bits per heavy atom. The first-order valence-corrected chi connectivity index (χ1v) is 10.1. The zero-order valence-electron chi connectivity index (χ0n) is 15.1. The number of amides is 2. The molecule has 1 aliphatic carbocycles. The molecule has 0 unspecified atom stereocenters. The molecule has 0 radical (unpaired) electrons. The summed E-state index contributed by atoms with van der Waals surface area (Å²) in [6.45, 7) is 1.61. The standard InChI is InChI=1S/C19H27N3O2S/c1-21(15-6-4-3-5-7-15)10-11-22(2)19(24)14-8-9-17-16(12-14)20-18(23)13-25-17/h8-9,12,15H,3-7,10-11,13H2,1-2H3,(H,20,23). The third-order valence-electron chi connectivity index (χ3n) is 5.19. The van der Waals surface area contributed by atoms with Crippen LogP contribution in [0.2, 0.25) is 0 Å². The molecule has 1 aromatic carbocycles. The van der Waals surface area contributed by atoms with Crippen molar-refractivity contribution >= 4 is 29.3 Å². The first-order valence-electron chi connectivity index (χ1n) is 9.07. The number of hydrogen-bond acceptors (Lipinski definition) is 4. The summed E-state index contributed by atoms with van der Waals surface area (Å²) >= 11 is 1.51. The van der Waals surface area contributed by atoms with Gasteiger partial charge in [-0.1, -0.05) is 19.3 Å². The van der Waals surface area contributed by atoms with Crippen LogP contribution in [0.25, 0.3) is 0 Å². The molecule has 1 saturated carbocycles. The Hall–Kier alpha value is -1.53. The summed E-state index contributed by atoms with van der Waals surface area (Å²) < 4.78 is 0. The molecule has 0 bridgehead atoms. The maximum absolute atomic E-state index is 12.7. The molecule has 1 N–H and O–H groups in total. The lowest BCUT2D eigenvalue weighted by atomic mass is 9.94. The number of anilines is 1. The van der Waals surface area contributed by atoms with Crippen molar-refractivity contribution in [1.82, 2.24) is 9.80 Å². The van der Waals surface area contributed by atoms with Crippen LogP contribution in [0.3, 0.4) is 0 Å². The van der Waals surface area contributed by atoms with Gasteiger partial charge in [-0.15, -0.1) is 11.8 Å². The monoisotopic (exact) mass is 361 g/mol. The molecule has 5 nitrogen and oxygen atoms in total. The van der Waals surface area contributed by atoms with E-state index in [9.17, 15) is 9.59 Å². The maximum Gasteiger partial charge on any atom is 0.253 e. The second kappa shape index (κ2) is 8.23. The zero-order valence-corrected chi connectivity index (χ0v) is 15.9. The second-order valence-corrected chi connectivity index (χ2v) is 8.06. The van der Waals surface area contributed by atoms with Crippen molar-refractivity contribution in [3.05, 3.63) is 23.8 Å². The van der Waals surface area contributed by atoms with Crippen LogP contribution in [0, 0.1) is 0 Å². The molecular weight excluding hydrogens is 334 g/mol. The number of benzene rings is 1. The smallest absolute Gasteiger partial charge is 0.253 e. The molecule has 1 heterocycles. The van der Waals surface area contributed by atoms with Crippen molar-refractivity contribution in [3.63, 3.8) is 0 Å². The summed E-state index contributed by atoms with van der Waals surface area (Å²) in [5, 5.41) is 2.85. The summed E-state index contributed by atoms with van der Waals surface area (Å²) in [7, 11) is 4.02. The molecule has 2 amide bonds. The lowest BCUT2D eigenvalue weighted by Crippen LogP contribution is -2.40. The van der Waals surface area contributed by atoms with Crippen molar-refractivity contribution in [3.8, 4) is 0 Å². The topological polar surface area (TPSA) is 52.6 Å². The molecule has 1 aliphatic heterocycles. The van der Waals surface area contributed by atoms with Crippen LogP contribution in [0.4, 0.5) is 5.69 Å². The van der Waals surface area contributed by atoms with Crippen molar-refractivity contribution in [1.29, 1.82) is 0 Å². The van der Waals surface area contributed by atoms with Gasteiger partial charge in [0.1, 0.15) is 0 Å². The van der Waals surface area contributed by atoms with Gasteiger partial charge < -0.3 is 15.1 Å². The van der Waals surface area contributed by atoms with Gasteiger partial charge in [0.05, 0.1) is 11.4 Å². The Bertz CT molecular complexity index is 644. The highest BCUT2D eigenvalue weighted by molar-refractivity contribution is 8.00. The van der Waals surface area contributed by atoms with E-state index < -0.39 is 0 Å². The molecule has 136 valence electrons. The SMILES string of the molecule is CN(CCN(C)C1CCCCC1)C(=O)c1ccc2c(c1)NC(=O)CS2. The van der Waals surface area contributed by atoms with Gasteiger partial charge in [-0.2, -0.15) is 0 Å². The van der Waals surface area contributed by atoms with Gasteiger partial charge in [-0.25, -0.2) is 0 Å². The number of likely N-dealkylation sites (N-methyl/N-ethyl adjacent to an activating group) is 2.